The van der Waals surface area contributed by atoms with E-state index in [1.807, 2.05) is 35.7 Å². The Morgan fingerprint density at radius 2 is 2.04 bits per heavy atom. The van der Waals surface area contributed by atoms with Gasteiger partial charge in [0, 0.05) is 6.04 Å². The summed E-state index contributed by atoms with van der Waals surface area (Å²) in [6, 6.07) is 10.5. The Labute approximate surface area is 139 Å². The Bertz CT molecular complexity index is 672. The first-order valence-electron chi connectivity index (χ1n) is 7.60. The van der Waals surface area contributed by atoms with Crippen LogP contribution in [0, 0.1) is 0 Å². The molecule has 2 atom stereocenters. The van der Waals surface area contributed by atoms with Crippen LogP contribution in [0.2, 0.25) is 0 Å². The lowest BCUT2D eigenvalue weighted by Crippen LogP contribution is -2.44. The number of hydrogen-bond donors (Lipinski definition) is 2. The second-order valence-corrected chi connectivity index (χ2v) is 6.40. The Kier molecular flexibility index (Phi) is 4.73. The number of nitrogens with zero attached hydrogens (tertiary/aromatic N) is 1. The van der Waals surface area contributed by atoms with E-state index in [-0.39, 0.29) is 11.9 Å². The highest BCUT2D eigenvalue weighted by Gasteiger charge is 2.37. The molecule has 1 aliphatic heterocycles. The standard InChI is InChI=1S/C17H19N3O2S/c18-17(22)19-16(21)15(12-5-2-1-3-6-12)20-9-4-7-14(20)13-8-10-23-11-13/h1-3,5-6,8,10-11,14-15H,4,7,9H2,(H3,18,19,21,22)/t14-,15-/m1/s1. The minimum absolute atomic E-state index is 0.185. The summed E-state index contributed by atoms with van der Waals surface area (Å²) in [6.45, 7) is 0.812. The third kappa shape index (κ3) is 3.43. The van der Waals surface area contributed by atoms with Gasteiger partial charge < -0.3 is 5.73 Å². The van der Waals surface area contributed by atoms with Crippen LogP contribution >= 0.6 is 11.3 Å². The largest absolute Gasteiger partial charge is 0.351 e. The molecule has 0 spiro atoms. The number of hydrogen-bond acceptors (Lipinski definition) is 4. The molecule has 0 bridgehead atoms. The Morgan fingerprint density at radius 1 is 1.26 bits per heavy atom. The van der Waals surface area contributed by atoms with Gasteiger partial charge in [-0.15, -0.1) is 0 Å². The fraction of sp³-hybridized carbons (Fsp3) is 0.294. The van der Waals surface area contributed by atoms with Crippen LogP contribution in [0.15, 0.2) is 47.2 Å². The number of imide groups is 1. The molecule has 1 aromatic heterocycles. The first kappa shape index (κ1) is 15.7. The predicted molar refractivity (Wildman–Crippen MR) is 89.9 cm³/mol. The molecule has 0 radical (unpaired) electrons. The van der Waals surface area contributed by atoms with Crippen molar-refractivity contribution in [1.29, 1.82) is 0 Å². The van der Waals surface area contributed by atoms with Crippen LogP contribution < -0.4 is 11.1 Å². The van der Waals surface area contributed by atoms with E-state index in [0.717, 1.165) is 24.9 Å². The number of thiophene rings is 1. The molecular formula is C17H19N3O2S. The minimum Gasteiger partial charge on any atom is -0.351 e. The number of primary amides is 1. The molecule has 6 heteroatoms. The smallest absolute Gasteiger partial charge is 0.318 e. The number of carbonyl (C=O) groups is 2. The summed E-state index contributed by atoms with van der Waals surface area (Å²) < 4.78 is 0. The van der Waals surface area contributed by atoms with Crippen LogP contribution in [-0.4, -0.2) is 23.4 Å². The molecule has 1 aromatic carbocycles. The van der Waals surface area contributed by atoms with Gasteiger partial charge in [-0.05, 0) is 47.3 Å². The fourth-order valence-corrected chi connectivity index (χ4v) is 3.95. The van der Waals surface area contributed by atoms with Gasteiger partial charge in [0.15, 0.2) is 0 Å². The third-order valence-corrected chi connectivity index (χ3v) is 4.87. The van der Waals surface area contributed by atoms with E-state index in [0.29, 0.717) is 0 Å². The SMILES string of the molecule is NC(=O)NC(=O)[C@@H](c1ccccc1)N1CCC[C@@H]1c1ccsc1. The van der Waals surface area contributed by atoms with Gasteiger partial charge in [0.1, 0.15) is 6.04 Å². The highest BCUT2D eigenvalue weighted by Crippen LogP contribution is 2.39. The van der Waals surface area contributed by atoms with Crippen LogP contribution in [0.3, 0.4) is 0 Å². The molecule has 1 fully saturated rings. The Morgan fingerprint density at radius 3 is 2.70 bits per heavy atom. The number of nitrogens with two attached hydrogens (primary N) is 1. The monoisotopic (exact) mass is 329 g/mol. The van der Waals surface area contributed by atoms with E-state index in [9.17, 15) is 9.59 Å². The quantitative estimate of drug-likeness (QED) is 0.905. The molecule has 120 valence electrons. The van der Waals surface area contributed by atoms with Crippen molar-refractivity contribution in [2.45, 2.75) is 24.9 Å². The molecule has 2 aromatic rings. The Balaban J connectivity index is 1.94. The van der Waals surface area contributed by atoms with Crippen molar-refractivity contribution in [3.05, 3.63) is 58.3 Å². The van der Waals surface area contributed by atoms with Crippen molar-refractivity contribution in [3.8, 4) is 0 Å². The average molecular weight is 329 g/mol. The topological polar surface area (TPSA) is 75.4 Å². The van der Waals surface area contributed by atoms with Crippen molar-refractivity contribution >= 4 is 23.3 Å². The summed E-state index contributed by atoms with van der Waals surface area (Å²) in [5, 5.41) is 6.42. The van der Waals surface area contributed by atoms with Crippen LogP contribution in [0.5, 0.6) is 0 Å². The summed E-state index contributed by atoms with van der Waals surface area (Å²) in [7, 11) is 0. The van der Waals surface area contributed by atoms with Crippen LogP contribution in [-0.2, 0) is 4.79 Å². The van der Waals surface area contributed by atoms with Crippen molar-refractivity contribution in [2.24, 2.45) is 5.73 Å². The maximum Gasteiger partial charge on any atom is 0.318 e. The van der Waals surface area contributed by atoms with Gasteiger partial charge in [-0.2, -0.15) is 11.3 Å². The van der Waals surface area contributed by atoms with E-state index < -0.39 is 12.1 Å². The van der Waals surface area contributed by atoms with E-state index in [1.165, 1.54) is 5.56 Å². The van der Waals surface area contributed by atoms with Gasteiger partial charge in [0.2, 0.25) is 5.91 Å². The first-order valence-corrected chi connectivity index (χ1v) is 8.54. The van der Waals surface area contributed by atoms with Gasteiger partial charge in [0.05, 0.1) is 0 Å². The number of benzene rings is 1. The summed E-state index contributed by atoms with van der Waals surface area (Å²) in [6.07, 6.45) is 2.03. The highest BCUT2D eigenvalue weighted by molar-refractivity contribution is 7.07. The summed E-state index contributed by atoms with van der Waals surface area (Å²) in [5.41, 5.74) is 7.24. The van der Waals surface area contributed by atoms with E-state index in [2.05, 4.69) is 21.7 Å². The van der Waals surface area contributed by atoms with Gasteiger partial charge in [-0.25, -0.2) is 4.79 Å². The maximum atomic E-state index is 12.6. The lowest BCUT2D eigenvalue weighted by molar-refractivity contribution is -0.126. The van der Waals surface area contributed by atoms with E-state index >= 15 is 0 Å². The van der Waals surface area contributed by atoms with Gasteiger partial charge >= 0.3 is 6.03 Å². The van der Waals surface area contributed by atoms with Crippen LogP contribution in [0.4, 0.5) is 4.79 Å². The predicted octanol–water partition coefficient (Wildman–Crippen LogP) is 2.82. The van der Waals surface area contributed by atoms with Crippen LogP contribution in [0.25, 0.3) is 0 Å². The number of rotatable bonds is 4. The molecule has 3 rings (SSSR count). The van der Waals surface area contributed by atoms with Gasteiger partial charge in [-0.3, -0.25) is 15.0 Å². The molecule has 0 aliphatic carbocycles. The zero-order valence-corrected chi connectivity index (χ0v) is 13.5. The minimum atomic E-state index is -0.817. The number of likely N-dealkylation sites (tertiary alicyclic amines) is 1. The highest BCUT2D eigenvalue weighted by atomic mass is 32.1. The van der Waals surface area contributed by atoms with E-state index in [4.69, 9.17) is 5.73 Å². The fourth-order valence-electron chi connectivity index (χ4n) is 3.24. The molecule has 0 unspecified atom stereocenters. The van der Waals surface area contributed by atoms with Crippen molar-refractivity contribution in [1.82, 2.24) is 10.2 Å². The third-order valence-electron chi connectivity index (χ3n) is 4.16. The lowest BCUT2D eigenvalue weighted by Gasteiger charge is -2.32. The molecular weight excluding hydrogens is 310 g/mol. The number of amides is 3. The maximum absolute atomic E-state index is 12.6. The van der Waals surface area contributed by atoms with Crippen molar-refractivity contribution in [2.75, 3.05) is 6.54 Å². The summed E-state index contributed by atoms with van der Waals surface area (Å²) in [4.78, 5) is 25.9. The first-order chi connectivity index (χ1) is 11.2. The molecule has 23 heavy (non-hydrogen) atoms. The number of nitrogens with one attached hydrogen (secondary N) is 1. The molecule has 3 amide bonds. The van der Waals surface area contributed by atoms with Crippen molar-refractivity contribution < 1.29 is 9.59 Å². The van der Waals surface area contributed by atoms with E-state index in [1.54, 1.807) is 11.3 Å². The lowest BCUT2D eigenvalue weighted by atomic mass is 10.0. The molecule has 0 saturated carbocycles. The zero-order valence-electron chi connectivity index (χ0n) is 12.6. The van der Waals surface area contributed by atoms with Crippen LogP contribution in [0.1, 0.15) is 36.1 Å². The molecule has 3 N–H and O–H groups in total. The van der Waals surface area contributed by atoms with Gasteiger partial charge in [-0.1, -0.05) is 30.3 Å². The number of urea groups is 1. The normalized spacial score (nSPS) is 19.4. The molecule has 1 aliphatic rings. The summed E-state index contributed by atoms with van der Waals surface area (Å²) >= 11 is 1.65. The molecule has 1 saturated heterocycles. The second kappa shape index (κ2) is 6.93. The zero-order chi connectivity index (χ0) is 16.2. The second-order valence-electron chi connectivity index (χ2n) is 5.62. The molecule has 5 nitrogen and oxygen atoms in total. The van der Waals surface area contributed by atoms with Gasteiger partial charge in [0.25, 0.3) is 0 Å². The molecule has 2 heterocycles. The number of carbonyl (C=O) groups excluding carboxylic acids is 2. The average Bonchev–Trinajstić information content (AvgIpc) is 3.18. The Hall–Kier alpha value is -2.18. The van der Waals surface area contributed by atoms with Crippen molar-refractivity contribution in [3.63, 3.8) is 0 Å². The summed E-state index contributed by atoms with van der Waals surface area (Å²) in [5.74, 6) is -0.370.